The van der Waals surface area contributed by atoms with E-state index in [-0.39, 0.29) is 11.5 Å². The molecule has 1 aromatic carbocycles. The lowest BCUT2D eigenvalue weighted by Crippen LogP contribution is -2.19. The number of halogens is 1. The van der Waals surface area contributed by atoms with Gasteiger partial charge in [0.15, 0.2) is 9.84 Å². The van der Waals surface area contributed by atoms with Gasteiger partial charge in [0.1, 0.15) is 0 Å². The zero-order chi connectivity index (χ0) is 13.6. The zero-order valence-corrected chi connectivity index (χ0v) is 12.4. The van der Waals surface area contributed by atoms with Gasteiger partial charge in [-0.15, -0.1) is 0 Å². The van der Waals surface area contributed by atoms with Gasteiger partial charge in [0.2, 0.25) is 0 Å². The lowest BCUT2D eigenvalue weighted by molar-refractivity contribution is 0.574. The van der Waals surface area contributed by atoms with Crippen molar-refractivity contribution in [2.75, 3.05) is 23.4 Å². The van der Waals surface area contributed by atoms with E-state index in [1.54, 1.807) is 6.07 Å². The molecular weight excluding hydrogens is 270 g/mol. The van der Waals surface area contributed by atoms with Gasteiger partial charge in [0, 0.05) is 6.54 Å². The average molecular weight is 290 g/mol. The molecule has 1 aromatic rings. The highest BCUT2D eigenvalue weighted by molar-refractivity contribution is 7.91. The Balaban J connectivity index is 2.40. The predicted octanol–water partition coefficient (Wildman–Crippen LogP) is 3.21. The van der Waals surface area contributed by atoms with Gasteiger partial charge in [-0.05, 0) is 24.5 Å². The number of anilines is 1. The fourth-order valence-electron chi connectivity index (χ4n) is 1.46. The number of benzene rings is 1. The Morgan fingerprint density at radius 2 is 1.89 bits per heavy atom. The first-order valence-electron chi connectivity index (χ1n) is 6.09. The monoisotopic (exact) mass is 289 g/mol. The molecule has 1 N–H and O–H groups in total. The number of sulfone groups is 1. The Labute approximate surface area is 114 Å². The van der Waals surface area contributed by atoms with E-state index in [4.69, 9.17) is 11.6 Å². The van der Waals surface area contributed by atoms with Crippen molar-refractivity contribution in [1.82, 2.24) is 0 Å². The third kappa shape index (κ3) is 5.74. The Hall–Kier alpha value is -0.740. The maximum atomic E-state index is 11.7. The second-order valence-electron chi connectivity index (χ2n) is 4.74. The van der Waals surface area contributed by atoms with Crippen molar-refractivity contribution in [3.63, 3.8) is 0 Å². The molecule has 0 spiro atoms. The average Bonchev–Trinajstić information content (AvgIpc) is 2.29. The number of rotatable bonds is 7. The predicted molar refractivity (Wildman–Crippen MR) is 78.1 cm³/mol. The standard InChI is InChI=1S/C13H20ClNO2S/c1-11(2)7-9-18(16,17)10-8-15-13-6-4-3-5-12(13)14/h3-6,11,15H,7-10H2,1-2H3. The van der Waals surface area contributed by atoms with Gasteiger partial charge in [-0.3, -0.25) is 0 Å². The van der Waals surface area contributed by atoms with Crippen molar-refractivity contribution < 1.29 is 8.42 Å². The highest BCUT2D eigenvalue weighted by atomic mass is 35.5. The number of para-hydroxylation sites is 1. The lowest BCUT2D eigenvalue weighted by atomic mass is 10.2. The van der Waals surface area contributed by atoms with Crippen LogP contribution in [-0.4, -0.2) is 26.5 Å². The van der Waals surface area contributed by atoms with Crippen LogP contribution in [-0.2, 0) is 9.84 Å². The van der Waals surface area contributed by atoms with Crippen molar-refractivity contribution >= 4 is 27.1 Å². The Kier molecular flexibility index (Phi) is 5.96. The molecule has 0 saturated heterocycles. The van der Waals surface area contributed by atoms with E-state index in [2.05, 4.69) is 5.32 Å². The fraction of sp³-hybridized carbons (Fsp3) is 0.538. The molecule has 0 fully saturated rings. The van der Waals surface area contributed by atoms with Gasteiger partial charge in [-0.25, -0.2) is 8.42 Å². The molecule has 1 rings (SSSR count). The summed E-state index contributed by atoms with van der Waals surface area (Å²) in [6.07, 6.45) is 0.717. The third-order valence-electron chi connectivity index (χ3n) is 2.61. The lowest BCUT2D eigenvalue weighted by Gasteiger charge is -2.09. The van der Waals surface area contributed by atoms with E-state index in [9.17, 15) is 8.42 Å². The summed E-state index contributed by atoms with van der Waals surface area (Å²) in [5.41, 5.74) is 0.776. The molecule has 0 aliphatic carbocycles. The molecule has 3 nitrogen and oxygen atoms in total. The second-order valence-corrected chi connectivity index (χ2v) is 7.45. The quantitative estimate of drug-likeness (QED) is 0.838. The summed E-state index contributed by atoms with van der Waals surface area (Å²) in [4.78, 5) is 0. The smallest absolute Gasteiger partial charge is 0.152 e. The van der Waals surface area contributed by atoms with Crippen LogP contribution in [0.3, 0.4) is 0 Å². The van der Waals surface area contributed by atoms with Crippen LogP contribution in [0.25, 0.3) is 0 Å². The van der Waals surface area contributed by atoms with E-state index < -0.39 is 9.84 Å². The number of hydrogen-bond acceptors (Lipinski definition) is 3. The van der Waals surface area contributed by atoms with E-state index in [1.807, 2.05) is 32.0 Å². The highest BCUT2D eigenvalue weighted by Crippen LogP contribution is 2.20. The molecule has 0 heterocycles. The molecule has 0 aromatic heterocycles. The van der Waals surface area contributed by atoms with E-state index in [0.29, 0.717) is 23.9 Å². The van der Waals surface area contributed by atoms with Crippen LogP contribution in [0.1, 0.15) is 20.3 Å². The normalized spacial score (nSPS) is 11.8. The van der Waals surface area contributed by atoms with Crippen LogP contribution < -0.4 is 5.32 Å². The summed E-state index contributed by atoms with van der Waals surface area (Å²) in [7, 11) is -2.97. The van der Waals surface area contributed by atoms with Crippen molar-refractivity contribution in [3.05, 3.63) is 29.3 Å². The van der Waals surface area contributed by atoms with Crippen molar-refractivity contribution in [1.29, 1.82) is 0 Å². The van der Waals surface area contributed by atoms with Crippen LogP contribution in [0.4, 0.5) is 5.69 Å². The third-order valence-corrected chi connectivity index (χ3v) is 4.62. The van der Waals surface area contributed by atoms with Crippen LogP contribution in [0.15, 0.2) is 24.3 Å². The first-order valence-corrected chi connectivity index (χ1v) is 8.29. The first-order chi connectivity index (χ1) is 8.41. The molecule has 0 atom stereocenters. The molecule has 0 aliphatic heterocycles. The summed E-state index contributed by atoms with van der Waals surface area (Å²) < 4.78 is 23.5. The molecule has 102 valence electrons. The van der Waals surface area contributed by atoms with E-state index in [1.165, 1.54) is 0 Å². The number of nitrogens with one attached hydrogen (secondary N) is 1. The summed E-state index contributed by atoms with van der Waals surface area (Å²) in [6.45, 7) is 4.44. The first kappa shape index (κ1) is 15.3. The van der Waals surface area contributed by atoms with Gasteiger partial charge >= 0.3 is 0 Å². The summed E-state index contributed by atoms with van der Waals surface area (Å²) in [6, 6.07) is 7.31. The minimum absolute atomic E-state index is 0.144. The van der Waals surface area contributed by atoms with Gasteiger partial charge in [-0.2, -0.15) is 0 Å². The maximum Gasteiger partial charge on any atom is 0.152 e. The molecular formula is C13H20ClNO2S. The Morgan fingerprint density at radius 3 is 2.50 bits per heavy atom. The van der Waals surface area contributed by atoms with Crippen LogP contribution in [0.5, 0.6) is 0 Å². The van der Waals surface area contributed by atoms with Crippen LogP contribution in [0, 0.1) is 5.92 Å². The number of hydrogen-bond donors (Lipinski definition) is 1. The molecule has 0 bridgehead atoms. The van der Waals surface area contributed by atoms with Gasteiger partial charge in [0.25, 0.3) is 0 Å². The minimum Gasteiger partial charge on any atom is -0.383 e. The molecule has 0 unspecified atom stereocenters. The summed E-state index contributed by atoms with van der Waals surface area (Å²) in [5, 5.41) is 3.65. The van der Waals surface area contributed by atoms with Crippen molar-refractivity contribution in [2.24, 2.45) is 5.92 Å². The van der Waals surface area contributed by atoms with E-state index in [0.717, 1.165) is 5.69 Å². The molecule has 18 heavy (non-hydrogen) atoms. The maximum absolute atomic E-state index is 11.7. The van der Waals surface area contributed by atoms with Crippen LogP contribution in [0.2, 0.25) is 5.02 Å². The second kappa shape index (κ2) is 7.00. The fourth-order valence-corrected chi connectivity index (χ4v) is 3.11. The minimum atomic E-state index is -2.97. The molecule has 0 radical (unpaired) electrons. The molecule has 0 saturated carbocycles. The topological polar surface area (TPSA) is 46.2 Å². The molecule has 0 aliphatic rings. The SMILES string of the molecule is CC(C)CCS(=O)(=O)CCNc1ccccc1Cl. The van der Waals surface area contributed by atoms with E-state index >= 15 is 0 Å². The largest absolute Gasteiger partial charge is 0.383 e. The summed E-state index contributed by atoms with van der Waals surface area (Å²) >= 11 is 5.97. The van der Waals surface area contributed by atoms with Gasteiger partial charge in [0.05, 0.1) is 22.2 Å². The van der Waals surface area contributed by atoms with Crippen LogP contribution >= 0.6 is 11.6 Å². The molecule has 0 amide bonds. The summed E-state index contributed by atoms with van der Waals surface area (Å²) in [5.74, 6) is 0.816. The zero-order valence-electron chi connectivity index (χ0n) is 10.8. The van der Waals surface area contributed by atoms with Gasteiger partial charge in [-0.1, -0.05) is 37.6 Å². The molecule has 5 heteroatoms. The Morgan fingerprint density at radius 1 is 1.22 bits per heavy atom. The Bertz CT molecular complexity index is 472. The van der Waals surface area contributed by atoms with Crippen molar-refractivity contribution in [2.45, 2.75) is 20.3 Å². The van der Waals surface area contributed by atoms with Gasteiger partial charge < -0.3 is 5.32 Å². The van der Waals surface area contributed by atoms with Crippen molar-refractivity contribution in [3.8, 4) is 0 Å². The highest BCUT2D eigenvalue weighted by Gasteiger charge is 2.11.